The highest BCUT2D eigenvalue weighted by atomic mass is 79.9. The second-order valence-corrected chi connectivity index (χ2v) is 6.40. The van der Waals surface area contributed by atoms with Crippen molar-refractivity contribution >= 4 is 33.0 Å². The van der Waals surface area contributed by atoms with Crippen LogP contribution in [0.1, 0.15) is 11.3 Å². The molecule has 1 aromatic heterocycles. The molecule has 2 heterocycles. The van der Waals surface area contributed by atoms with Gasteiger partial charge in [-0.05, 0) is 28.1 Å². The molecule has 16 heavy (non-hydrogen) atoms. The Morgan fingerprint density at radius 3 is 3.12 bits per heavy atom. The minimum Gasteiger partial charge on any atom is -0.379 e. The van der Waals surface area contributed by atoms with Gasteiger partial charge in [0.05, 0.1) is 17.0 Å². The number of hydrogen-bond donors (Lipinski definition) is 1. The second kappa shape index (κ2) is 5.91. The molecule has 2 rings (SSSR count). The Morgan fingerprint density at radius 2 is 2.50 bits per heavy atom. The summed E-state index contributed by atoms with van der Waals surface area (Å²) in [5.41, 5.74) is 0. The zero-order chi connectivity index (χ0) is 11.4. The zero-order valence-corrected chi connectivity index (χ0v) is 11.3. The summed E-state index contributed by atoms with van der Waals surface area (Å²) in [7, 11) is 0. The molecule has 0 aliphatic carbocycles. The fraction of sp³-hybridized carbons (Fsp3) is 0.545. The van der Waals surface area contributed by atoms with Crippen molar-refractivity contribution in [3.8, 4) is 0 Å². The minimum absolute atomic E-state index is 0.199. The van der Waals surface area contributed by atoms with Gasteiger partial charge in [-0.25, -0.2) is 0 Å². The van der Waals surface area contributed by atoms with Crippen molar-refractivity contribution in [2.24, 2.45) is 0 Å². The summed E-state index contributed by atoms with van der Waals surface area (Å²) in [5, 5.41) is 3.29. The van der Waals surface area contributed by atoms with Gasteiger partial charge < -0.3 is 10.1 Å². The molecule has 0 spiro atoms. The standard InChI is InChI=1S/C11H14BrNO2S/c12-11-2-1-10(16-11)6-9(14)5-8-7-15-4-3-13-8/h1-2,8,13H,3-7H2. The molecule has 3 nitrogen and oxygen atoms in total. The lowest BCUT2D eigenvalue weighted by atomic mass is 10.1. The van der Waals surface area contributed by atoms with E-state index in [-0.39, 0.29) is 11.8 Å². The van der Waals surface area contributed by atoms with Gasteiger partial charge in [-0.15, -0.1) is 11.3 Å². The molecule has 0 amide bonds. The van der Waals surface area contributed by atoms with Crippen LogP contribution in [0.4, 0.5) is 0 Å². The van der Waals surface area contributed by atoms with Crippen molar-refractivity contribution < 1.29 is 9.53 Å². The minimum atomic E-state index is 0.199. The summed E-state index contributed by atoms with van der Waals surface area (Å²) in [4.78, 5) is 12.9. The van der Waals surface area contributed by atoms with Gasteiger partial charge in [0.25, 0.3) is 0 Å². The number of hydrogen-bond acceptors (Lipinski definition) is 4. The Kier molecular flexibility index (Phi) is 4.52. The Bertz CT molecular complexity index is 361. The molecule has 0 saturated carbocycles. The van der Waals surface area contributed by atoms with E-state index in [1.807, 2.05) is 12.1 Å². The monoisotopic (exact) mass is 303 g/mol. The highest BCUT2D eigenvalue weighted by molar-refractivity contribution is 9.11. The Balaban J connectivity index is 1.79. The SMILES string of the molecule is O=C(Cc1ccc(Br)s1)CC1COCCN1. The number of Topliss-reactive ketones (excluding diaryl/α,β-unsaturated/α-hetero) is 1. The first-order chi connectivity index (χ1) is 7.74. The van der Waals surface area contributed by atoms with Crippen LogP contribution in [0.2, 0.25) is 0 Å². The predicted octanol–water partition coefficient (Wildman–Crippen LogP) is 2.00. The Hall–Kier alpha value is -0.230. The smallest absolute Gasteiger partial charge is 0.139 e. The summed E-state index contributed by atoms with van der Waals surface area (Å²) < 4.78 is 6.40. The summed E-state index contributed by atoms with van der Waals surface area (Å²) in [6.07, 6.45) is 1.10. The lowest BCUT2D eigenvalue weighted by Crippen LogP contribution is -2.42. The molecule has 5 heteroatoms. The Labute approximate surface area is 107 Å². The molecule has 1 aromatic rings. The topological polar surface area (TPSA) is 38.3 Å². The van der Waals surface area contributed by atoms with Crippen LogP contribution in [-0.2, 0) is 16.0 Å². The number of carbonyl (C=O) groups is 1. The molecular weight excluding hydrogens is 290 g/mol. The molecule has 0 aromatic carbocycles. The highest BCUT2D eigenvalue weighted by Gasteiger charge is 2.17. The lowest BCUT2D eigenvalue weighted by molar-refractivity contribution is -0.119. The average molecular weight is 304 g/mol. The maximum absolute atomic E-state index is 11.8. The number of morpholine rings is 1. The van der Waals surface area contributed by atoms with Crippen LogP contribution < -0.4 is 5.32 Å². The van der Waals surface area contributed by atoms with E-state index in [1.54, 1.807) is 11.3 Å². The van der Waals surface area contributed by atoms with Gasteiger partial charge in [-0.3, -0.25) is 4.79 Å². The van der Waals surface area contributed by atoms with Crippen molar-refractivity contribution in [2.75, 3.05) is 19.8 Å². The summed E-state index contributed by atoms with van der Waals surface area (Å²) in [6.45, 7) is 2.25. The number of nitrogens with one attached hydrogen (secondary N) is 1. The fourth-order valence-corrected chi connectivity index (χ4v) is 3.25. The Morgan fingerprint density at radius 1 is 1.62 bits per heavy atom. The molecule has 1 saturated heterocycles. The molecule has 0 bridgehead atoms. The summed E-state index contributed by atoms with van der Waals surface area (Å²) in [5.74, 6) is 0.275. The van der Waals surface area contributed by atoms with E-state index in [9.17, 15) is 4.79 Å². The summed E-state index contributed by atoms with van der Waals surface area (Å²) in [6, 6.07) is 4.18. The number of carbonyl (C=O) groups excluding carboxylic acids is 1. The number of rotatable bonds is 4. The molecule has 88 valence electrons. The van der Waals surface area contributed by atoms with Crippen molar-refractivity contribution in [1.29, 1.82) is 0 Å². The lowest BCUT2D eigenvalue weighted by Gasteiger charge is -2.22. The van der Waals surface area contributed by atoms with Gasteiger partial charge in [0.2, 0.25) is 0 Å². The fourth-order valence-electron chi connectivity index (χ4n) is 1.74. The van der Waals surface area contributed by atoms with Crippen molar-refractivity contribution in [3.05, 3.63) is 20.8 Å². The quantitative estimate of drug-likeness (QED) is 0.924. The second-order valence-electron chi connectivity index (χ2n) is 3.85. The molecule has 1 atom stereocenters. The zero-order valence-electron chi connectivity index (χ0n) is 8.87. The molecule has 1 unspecified atom stereocenters. The molecular formula is C11H14BrNO2S. The first-order valence-electron chi connectivity index (χ1n) is 5.31. The van der Waals surface area contributed by atoms with E-state index in [1.165, 1.54) is 0 Å². The number of halogens is 1. The van der Waals surface area contributed by atoms with E-state index in [0.717, 1.165) is 21.8 Å². The molecule has 1 aliphatic heterocycles. The maximum Gasteiger partial charge on any atom is 0.139 e. The predicted molar refractivity (Wildman–Crippen MR) is 68.0 cm³/mol. The van der Waals surface area contributed by atoms with Gasteiger partial charge in [0.1, 0.15) is 5.78 Å². The molecule has 1 N–H and O–H groups in total. The van der Waals surface area contributed by atoms with Crippen LogP contribution in [0.5, 0.6) is 0 Å². The van der Waals surface area contributed by atoms with Crippen molar-refractivity contribution in [2.45, 2.75) is 18.9 Å². The van der Waals surface area contributed by atoms with Gasteiger partial charge in [0, 0.05) is 30.3 Å². The van der Waals surface area contributed by atoms with Gasteiger partial charge >= 0.3 is 0 Å². The van der Waals surface area contributed by atoms with E-state index >= 15 is 0 Å². The molecule has 1 aliphatic rings. The maximum atomic E-state index is 11.8. The van der Waals surface area contributed by atoms with Crippen LogP contribution >= 0.6 is 27.3 Å². The van der Waals surface area contributed by atoms with Crippen LogP contribution in [0.25, 0.3) is 0 Å². The van der Waals surface area contributed by atoms with Crippen molar-refractivity contribution in [3.63, 3.8) is 0 Å². The number of ether oxygens (including phenoxy) is 1. The number of thiophene rings is 1. The van der Waals surface area contributed by atoms with Gasteiger partial charge in [-0.2, -0.15) is 0 Å². The third-order valence-corrected chi connectivity index (χ3v) is 4.10. The van der Waals surface area contributed by atoms with E-state index in [4.69, 9.17) is 4.74 Å². The van der Waals surface area contributed by atoms with Gasteiger partial charge in [-0.1, -0.05) is 0 Å². The van der Waals surface area contributed by atoms with E-state index in [0.29, 0.717) is 19.4 Å². The first kappa shape index (κ1) is 12.2. The highest BCUT2D eigenvalue weighted by Crippen LogP contribution is 2.22. The first-order valence-corrected chi connectivity index (χ1v) is 6.92. The average Bonchev–Trinajstić information content (AvgIpc) is 2.65. The van der Waals surface area contributed by atoms with E-state index < -0.39 is 0 Å². The third kappa shape index (κ3) is 3.66. The summed E-state index contributed by atoms with van der Waals surface area (Å²) >= 11 is 5.02. The normalized spacial score (nSPS) is 20.9. The third-order valence-electron chi connectivity index (χ3n) is 2.47. The molecule has 0 radical (unpaired) electrons. The molecule has 1 fully saturated rings. The van der Waals surface area contributed by atoms with E-state index in [2.05, 4.69) is 21.2 Å². The number of ketones is 1. The van der Waals surface area contributed by atoms with Crippen molar-refractivity contribution in [1.82, 2.24) is 5.32 Å². The largest absolute Gasteiger partial charge is 0.379 e. The van der Waals surface area contributed by atoms with Crippen LogP contribution in [0.15, 0.2) is 15.9 Å². The van der Waals surface area contributed by atoms with Crippen LogP contribution in [0, 0.1) is 0 Å². The van der Waals surface area contributed by atoms with Gasteiger partial charge in [0.15, 0.2) is 0 Å². The van der Waals surface area contributed by atoms with Crippen LogP contribution in [0.3, 0.4) is 0 Å². The van der Waals surface area contributed by atoms with Crippen LogP contribution in [-0.4, -0.2) is 31.6 Å².